The summed E-state index contributed by atoms with van der Waals surface area (Å²) in [5, 5.41) is 19.0. The summed E-state index contributed by atoms with van der Waals surface area (Å²) in [5.41, 5.74) is 0.124. The predicted octanol–water partition coefficient (Wildman–Crippen LogP) is 0.959. The molecule has 1 fully saturated rings. The van der Waals surface area contributed by atoms with Crippen LogP contribution in [-0.2, 0) is 4.74 Å². The largest absolute Gasteiger partial charge is 0.508 e. The van der Waals surface area contributed by atoms with Gasteiger partial charge >= 0.3 is 0 Å². The van der Waals surface area contributed by atoms with Crippen LogP contribution in [0.2, 0.25) is 0 Å². The second-order valence-electron chi connectivity index (χ2n) is 4.12. The summed E-state index contributed by atoms with van der Waals surface area (Å²) in [4.78, 5) is 13.8. The van der Waals surface area contributed by atoms with Gasteiger partial charge in [-0.2, -0.15) is 0 Å². The van der Waals surface area contributed by atoms with Gasteiger partial charge in [-0.25, -0.2) is 0 Å². The van der Waals surface area contributed by atoms with E-state index < -0.39 is 0 Å². The Morgan fingerprint density at radius 1 is 1.47 bits per heavy atom. The number of phenols is 2. The first kappa shape index (κ1) is 11.7. The summed E-state index contributed by atoms with van der Waals surface area (Å²) in [6.45, 7) is 3.37. The first-order valence-electron chi connectivity index (χ1n) is 5.50. The lowest BCUT2D eigenvalue weighted by atomic mass is 10.1. The van der Waals surface area contributed by atoms with Gasteiger partial charge in [-0.3, -0.25) is 4.79 Å². The van der Waals surface area contributed by atoms with E-state index in [9.17, 15) is 15.0 Å². The molecule has 0 aliphatic carbocycles. The zero-order valence-corrected chi connectivity index (χ0v) is 9.59. The number of hydrogen-bond acceptors (Lipinski definition) is 4. The van der Waals surface area contributed by atoms with Crippen molar-refractivity contribution in [2.45, 2.75) is 13.0 Å². The molecule has 2 rings (SSSR count). The molecule has 1 aliphatic rings. The molecular formula is C12H15NO4. The Bertz CT molecular complexity index is 433. The normalized spacial score (nSPS) is 20.3. The maximum atomic E-state index is 12.2. The number of carbonyl (C=O) groups is 1. The first-order valence-corrected chi connectivity index (χ1v) is 5.50. The molecular weight excluding hydrogens is 222 g/mol. The highest BCUT2D eigenvalue weighted by Crippen LogP contribution is 2.24. The van der Waals surface area contributed by atoms with Crippen LogP contribution in [0.4, 0.5) is 0 Å². The predicted molar refractivity (Wildman–Crippen MR) is 61.1 cm³/mol. The molecule has 2 N–H and O–H groups in total. The summed E-state index contributed by atoms with van der Waals surface area (Å²) in [6, 6.07) is 3.90. The van der Waals surface area contributed by atoms with Crippen molar-refractivity contribution in [3.05, 3.63) is 23.8 Å². The van der Waals surface area contributed by atoms with Crippen molar-refractivity contribution in [1.29, 1.82) is 0 Å². The second-order valence-corrected chi connectivity index (χ2v) is 4.12. The molecule has 1 aromatic rings. The van der Waals surface area contributed by atoms with E-state index >= 15 is 0 Å². The van der Waals surface area contributed by atoms with E-state index in [0.29, 0.717) is 19.8 Å². The Labute approximate surface area is 99.2 Å². The number of aromatic hydroxyl groups is 2. The van der Waals surface area contributed by atoms with Gasteiger partial charge in [0.05, 0.1) is 24.8 Å². The fraction of sp³-hybridized carbons (Fsp3) is 0.417. The SMILES string of the molecule is CC1COCCN1C(=O)c1cc(O)ccc1O. The Morgan fingerprint density at radius 2 is 2.24 bits per heavy atom. The standard InChI is InChI=1S/C12H15NO4/c1-8-7-17-5-4-13(8)12(16)10-6-9(14)2-3-11(10)15/h2-3,6,8,14-15H,4-5,7H2,1H3. The molecule has 1 heterocycles. The van der Waals surface area contributed by atoms with Gasteiger partial charge < -0.3 is 19.8 Å². The van der Waals surface area contributed by atoms with Crippen molar-refractivity contribution in [2.24, 2.45) is 0 Å². The number of carbonyl (C=O) groups excluding carboxylic acids is 1. The van der Waals surface area contributed by atoms with Gasteiger partial charge in [-0.05, 0) is 25.1 Å². The van der Waals surface area contributed by atoms with Crippen molar-refractivity contribution >= 4 is 5.91 Å². The summed E-state index contributed by atoms with van der Waals surface area (Å²) in [6.07, 6.45) is 0. The minimum Gasteiger partial charge on any atom is -0.508 e. The second kappa shape index (κ2) is 4.63. The van der Waals surface area contributed by atoms with Gasteiger partial charge in [-0.15, -0.1) is 0 Å². The Balaban J connectivity index is 2.26. The summed E-state index contributed by atoms with van der Waals surface area (Å²) in [5.74, 6) is -0.437. The lowest BCUT2D eigenvalue weighted by Crippen LogP contribution is -2.47. The monoisotopic (exact) mass is 237 g/mol. The summed E-state index contributed by atoms with van der Waals surface area (Å²) >= 11 is 0. The third-order valence-corrected chi connectivity index (χ3v) is 2.84. The fourth-order valence-corrected chi connectivity index (χ4v) is 1.88. The van der Waals surface area contributed by atoms with Gasteiger partial charge in [-0.1, -0.05) is 0 Å². The van der Waals surface area contributed by atoms with E-state index in [0.717, 1.165) is 0 Å². The minimum atomic E-state index is -0.283. The number of nitrogens with zero attached hydrogens (tertiary/aromatic N) is 1. The van der Waals surface area contributed by atoms with E-state index in [2.05, 4.69) is 0 Å². The Hall–Kier alpha value is -1.75. The van der Waals surface area contributed by atoms with Gasteiger partial charge in [0.1, 0.15) is 11.5 Å². The molecule has 1 aliphatic heterocycles. The topological polar surface area (TPSA) is 70.0 Å². The van der Waals surface area contributed by atoms with Crippen molar-refractivity contribution < 1.29 is 19.7 Å². The smallest absolute Gasteiger partial charge is 0.258 e. The lowest BCUT2D eigenvalue weighted by Gasteiger charge is -2.33. The molecule has 1 amide bonds. The maximum Gasteiger partial charge on any atom is 0.258 e. The highest BCUT2D eigenvalue weighted by atomic mass is 16.5. The van der Waals surface area contributed by atoms with Crippen LogP contribution in [0.1, 0.15) is 17.3 Å². The average molecular weight is 237 g/mol. The van der Waals surface area contributed by atoms with Gasteiger partial charge in [0.15, 0.2) is 0 Å². The number of hydrogen-bond donors (Lipinski definition) is 2. The quantitative estimate of drug-likeness (QED) is 0.714. The van der Waals surface area contributed by atoms with Crippen LogP contribution in [0.25, 0.3) is 0 Å². The number of morpholine rings is 1. The van der Waals surface area contributed by atoms with Crippen LogP contribution < -0.4 is 0 Å². The number of rotatable bonds is 1. The van der Waals surface area contributed by atoms with Crippen LogP contribution in [0.15, 0.2) is 18.2 Å². The third kappa shape index (κ3) is 2.34. The molecule has 1 atom stereocenters. The number of benzene rings is 1. The zero-order chi connectivity index (χ0) is 12.4. The molecule has 1 saturated heterocycles. The van der Waals surface area contributed by atoms with E-state index in [1.807, 2.05) is 6.92 Å². The molecule has 0 bridgehead atoms. The van der Waals surface area contributed by atoms with Crippen molar-refractivity contribution in [3.63, 3.8) is 0 Å². The van der Waals surface area contributed by atoms with Crippen LogP contribution in [0, 0.1) is 0 Å². The van der Waals surface area contributed by atoms with Crippen LogP contribution in [0.3, 0.4) is 0 Å². The van der Waals surface area contributed by atoms with Crippen LogP contribution >= 0.6 is 0 Å². The van der Waals surface area contributed by atoms with Gasteiger partial charge in [0, 0.05) is 6.54 Å². The molecule has 0 radical (unpaired) electrons. The third-order valence-electron chi connectivity index (χ3n) is 2.84. The summed E-state index contributed by atoms with van der Waals surface area (Å²) < 4.78 is 5.25. The van der Waals surface area contributed by atoms with Crippen molar-refractivity contribution in [3.8, 4) is 11.5 Å². The van der Waals surface area contributed by atoms with Crippen molar-refractivity contribution in [1.82, 2.24) is 4.90 Å². The number of phenolic OH excluding ortho intramolecular Hbond substituents is 2. The molecule has 0 aromatic heterocycles. The number of ether oxygens (including phenoxy) is 1. The highest BCUT2D eigenvalue weighted by molar-refractivity contribution is 5.97. The van der Waals surface area contributed by atoms with Crippen LogP contribution in [0.5, 0.6) is 11.5 Å². The van der Waals surface area contributed by atoms with Gasteiger partial charge in [0.2, 0.25) is 0 Å². The molecule has 17 heavy (non-hydrogen) atoms. The molecule has 92 valence electrons. The molecule has 1 aromatic carbocycles. The Morgan fingerprint density at radius 3 is 2.94 bits per heavy atom. The van der Waals surface area contributed by atoms with Crippen LogP contribution in [-0.4, -0.2) is 46.8 Å². The highest BCUT2D eigenvalue weighted by Gasteiger charge is 2.26. The lowest BCUT2D eigenvalue weighted by molar-refractivity contribution is 0.00343. The maximum absolute atomic E-state index is 12.2. The fourth-order valence-electron chi connectivity index (χ4n) is 1.88. The Kier molecular flexibility index (Phi) is 3.19. The molecule has 0 saturated carbocycles. The summed E-state index contributed by atoms with van der Waals surface area (Å²) in [7, 11) is 0. The number of amides is 1. The van der Waals surface area contributed by atoms with E-state index in [1.54, 1.807) is 4.90 Å². The molecule has 5 heteroatoms. The van der Waals surface area contributed by atoms with E-state index in [-0.39, 0.29) is 29.0 Å². The zero-order valence-electron chi connectivity index (χ0n) is 9.59. The minimum absolute atomic E-state index is 0.0296. The molecule has 1 unspecified atom stereocenters. The van der Waals surface area contributed by atoms with Crippen molar-refractivity contribution in [2.75, 3.05) is 19.8 Å². The van der Waals surface area contributed by atoms with E-state index in [4.69, 9.17) is 4.74 Å². The molecule has 5 nitrogen and oxygen atoms in total. The van der Waals surface area contributed by atoms with Gasteiger partial charge in [0.25, 0.3) is 5.91 Å². The van der Waals surface area contributed by atoms with E-state index in [1.165, 1.54) is 18.2 Å². The first-order chi connectivity index (χ1) is 8.09. The molecule has 0 spiro atoms. The average Bonchev–Trinajstić information content (AvgIpc) is 2.32.